The molecule has 0 unspecified atom stereocenters. The van der Waals surface area contributed by atoms with Gasteiger partial charge < -0.3 is 25.2 Å². The molecule has 2 aromatic rings. The van der Waals surface area contributed by atoms with Crippen LogP contribution >= 0.6 is 31.6 Å². The van der Waals surface area contributed by atoms with Crippen LogP contribution in [0.3, 0.4) is 0 Å². The number of imidazole rings is 1. The molecule has 0 aliphatic heterocycles. The summed E-state index contributed by atoms with van der Waals surface area (Å²) in [7, 11) is -4.36. The van der Waals surface area contributed by atoms with E-state index >= 15 is 0 Å². The van der Waals surface area contributed by atoms with Crippen molar-refractivity contribution in [1.29, 1.82) is 0 Å². The van der Waals surface area contributed by atoms with Gasteiger partial charge in [0.25, 0.3) is 0 Å². The van der Waals surface area contributed by atoms with Crippen molar-refractivity contribution in [3.8, 4) is 0 Å². The van der Waals surface area contributed by atoms with Gasteiger partial charge >= 0.3 is 13.6 Å². The van der Waals surface area contributed by atoms with Crippen molar-refractivity contribution < 1.29 is 24.3 Å². The second-order valence-corrected chi connectivity index (χ2v) is 6.59. The molecule has 0 aliphatic rings. The van der Waals surface area contributed by atoms with Crippen molar-refractivity contribution in [3.63, 3.8) is 0 Å². The summed E-state index contributed by atoms with van der Waals surface area (Å²) in [6.45, 7) is 0. The van der Waals surface area contributed by atoms with E-state index in [4.69, 9.17) is 32.2 Å². The standard InChI is InChI=1S/C11H13ClN3O5P.ClH/c12-6-1-2-9-8(3-6)14-10(4-7(13)11(16)17)15(9)5-21(18,19)20;/h1-3,7H,4-5,13H2,(H,16,17)(H2,18,19,20);1H/t7-;/m1./s1. The normalized spacial score (nSPS) is 12.9. The number of carbonyl (C=O) groups is 1. The summed E-state index contributed by atoms with van der Waals surface area (Å²) in [5, 5.41) is 9.26. The molecule has 2 rings (SSSR count). The van der Waals surface area contributed by atoms with Gasteiger partial charge in [0, 0.05) is 11.4 Å². The fraction of sp³-hybridized carbons (Fsp3) is 0.273. The van der Waals surface area contributed by atoms with E-state index in [9.17, 15) is 9.36 Å². The number of benzene rings is 1. The molecule has 5 N–H and O–H groups in total. The number of carboxylic acid groups (broad SMARTS) is 1. The lowest BCUT2D eigenvalue weighted by atomic mass is 10.2. The maximum absolute atomic E-state index is 11.3. The number of hydrogen-bond donors (Lipinski definition) is 4. The molecule has 0 fully saturated rings. The van der Waals surface area contributed by atoms with Crippen molar-refractivity contribution >= 4 is 48.6 Å². The Morgan fingerprint density at radius 3 is 2.64 bits per heavy atom. The zero-order chi connectivity index (χ0) is 15.8. The average Bonchev–Trinajstić information content (AvgIpc) is 2.64. The van der Waals surface area contributed by atoms with Gasteiger partial charge in [-0.3, -0.25) is 9.36 Å². The smallest absolute Gasteiger partial charge is 0.345 e. The molecule has 0 aliphatic carbocycles. The first kappa shape index (κ1) is 18.9. The molecule has 0 saturated heterocycles. The van der Waals surface area contributed by atoms with Crippen molar-refractivity contribution in [2.24, 2.45) is 5.73 Å². The fourth-order valence-corrected chi connectivity index (χ4v) is 2.79. The molecule has 1 atom stereocenters. The van der Waals surface area contributed by atoms with Crippen LogP contribution in [-0.2, 0) is 22.1 Å². The molecule has 22 heavy (non-hydrogen) atoms. The van der Waals surface area contributed by atoms with Crippen LogP contribution in [0.4, 0.5) is 0 Å². The summed E-state index contributed by atoms with van der Waals surface area (Å²) >= 11 is 5.85. The second kappa shape index (κ2) is 6.95. The van der Waals surface area contributed by atoms with Crippen LogP contribution in [0.5, 0.6) is 0 Å². The van der Waals surface area contributed by atoms with E-state index in [0.29, 0.717) is 16.1 Å². The summed E-state index contributed by atoms with van der Waals surface area (Å²) in [5.74, 6) is -1.03. The maximum atomic E-state index is 11.3. The van der Waals surface area contributed by atoms with Gasteiger partial charge in [-0.05, 0) is 18.2 Å². The number of rotatable bonds is 5. The zero-order valence-electron chi connectivity index (χ0n) is 11.1. The Labute approximate surface area is 136 Å². The van der Waals surface area contributed by atoms with Gasteiger partial charge in [0.05, 0.1) is 11.0 Å². The fourth-order valence-electron chi connectivity index (χ4n) is 1.93. The van der Waals surface area contributed by atoms with E-state index in [-0.39, 0.29) is 24.7 Å². The summed E-state index contributed by atoms with van der Waals surface area (Å²) in [4.78, 5) is 33.3. The van der Waals surface area contributed by atoms with Crippen LogP contribution in [0.2, 0.25) is 5.02 Å². The van der Waals surface area contributed by atoms with E-state index in [2.05, 4.69) is 4.98 Å². The number of hydrogen-bond acceptors (Lipinski definition) is 4. The highest BCUT2D eigenvalue weighted by molar-refractivity contribution is 7.50. The predicted octanol–water partition coefficient (Wildman–Crippen LogP) is 1.20. The Bertz CT molecular complexity index is 745. The topological polar surface area (TPSA) is 139 Å². The molecule has 8 nitrogen and oxygen atoms in total. The van der Waals surface area contributed by atoms with Crippen LogP contribution in [0.25, 0.3) is 11.0 Å². The number of carboxylic acids is 1. The Morgan fingerprint density at radius 2 is 2.09 bits per heavy atom. The second-order valence-electron chi connectivity index (χ2n) is 4.54. The Balaban J connectivity index is 0.00000242. The van der Waals surface area contributed by atoms with Gasteiger partial charge in [0.2, 0.25) is 0 Å². The SMILES string of the molecule is Cl.N[C@H](Cc1nc2cc(Cl)ccc2n1CP(=O)(O)O)C(=O)O. The minimum Gasteiger partial charge on any atom is -0.480 e. The third kappa shape index (κ3) is 4.42. The molecule has 0 amide bonds. The van der Waals surface area contributed by atoms with Gasteiger partial charge in [-0.25, -0.2) is 4.98 Å². The average molecular weight is 370 g/mol. The monoisotopic (exact) mass is 369 g/mol. The van der Waals surface area contributed by atoms with Gasteiger partial charge in [-0.15, -0.1) is 12.4 Å². The molecule has 1 aromatic heterocycles. The summed E-state index contributed by atoms with van der Waals surface area (Å²) in [6.07, 6.45) is -0.756. The molecule has 0 spiro atoms. The lowest BCUT2D eigenvalue weighted by Crippen LogP contribution is -2.33. The van der Waals surface area contributed by atoms with Crippen molar-refractivity contribution in [2.75, 3.05) is 0 Å². The van der Waals surface area contributed by atoms with Gasteiger partial charge in [0.15, 0.2) is 0 Å². The molecule has 0 bridgehead atoms. The van der Waals surface area contributed by atoms with E-state index in [1.165, 1.54) is 10.6 Å². The zero-order valence-corrected chi connectivity index (χ0v) is 13.6. The Morgan fingerprint density at radius 1 is 1.45 bits per heavy atom. The first-order valence-corrected chi connectivity index (χ1v) is 8.02. The maximum Gasteiger partial charge on any atom is 0.345 e. The molecule has 11 heteroatoms. The summed E-state index contributed by atoms with van der Waals surface area (Å²) in [6, 6.07) is 3.44. The van der Waals surface area contributed by atoms with Gasteiger partial charge in [0.1, 0.15) is 18.2 Å². The van der Waals surface area contributed by atoms with E-state index in [1.807, 2.05) is 0 Å². The molecule has 0 saturated carbocycles. The quantitative estimate of drug-likeness (QED) is 0.580. The molecule has 0 radical (unpaired) electrons. The first-order chi connectivity index (χ1) is 9.67. The number of halogens is 2. The Kier molecular flexibility index (Phi) is 5.97. The molecule has 122 valence electrons. The van der Waals surface area contributed by atoms with Crippen molar-refractivity contribution in [2.45, 2.75) is 18.7 Å². The van der Waals surface area contributed by atoms with E-state index in [0.717, 1.165) is 0 Å². The molecular formula is C11H14Cl2N3O5P. The predicted molar refractivity (Wildman–Crippen MR) is 83.4 cm³/mol. The summed E-state index contributed by atoms with van der Waals surface area (Å²) < 4.78 is 12.5. The highest BCUT2D eigenvalue weighted by Crippen LogP contribution is 2.38. The third-order valence-electron chi connectivity index (χ3n) is 2.83. The Hall–Kier alpha value is -1.15. The van der Waals surface area contributed by atoms with Crippen LogP contribution in [0.1, 0.15) is 5.82 Å². The minimum absolute atomic E-state index is 0. The van der Waals surface area contributed by atoms with Crippen LogP contribution < -0.4 is 5.73 Å². The van der Waals surface area contributed by atoms with Gasteiger partial charge in [-0.2, -0.15) is 0 Å². The lowest BCUT2D eigenvalue weighted by molar-refractivity contribution is -0.138. The minimum atomic E-state index is -4.36. The summed E-state index contributed by atoms with van der Waals surface area (Å²) in [5.41, 5.74) is 6.33. The highest BCUT2D eigenvalue weighted by atomic mass is 35.5. The number of nitrogens with zero attached hydrogens (tertiary/aromatic N) is 2. The van der Waals surface area contributed by atoms with Crippen molar-refractivity contribution in [1.82, 2.24) is 9.55 Å². The van der Waals surface area contributed by atoms with E-state index < -0.39 is 25.9 Å². The number of fused-ring (bicyclic) bond motifs is 1. The van der Waals surface area contributed by atoms with Crippen LogP contribution in [0, 0.1) is 0 Å². The third-order valence-corrected chi connectivity index (χ3v) is 3.72. The van der Waals surface area contributed by atoms with Crippen LogP contribution in [-0.4, -0.2) is 36.5 Å². The molecule has 1 heterocycles. The van der Waals surface area contributed by atoms with E-state index in [1.54, 1.807) is 12.1 Å². The van der Waals surface area contributed by atoms with Crippen molar-refractivity contribution in [3.05, 3.63) is 29.0 Å². The van der Waals surface area contributed by atoms with Crippen LogP contribution in [0.15, 0.2) is 18.2 Å². The molecular weight excluding hydrogens is 356 g/mol. The first-order valence-electron chi connectivity index (χ1n) is 5.85. The largest absolute Gasteiger partial charge is 0.480 e. The number of aliphatic carboxylic acids is 1. The highest BCUT2D eigenvalue weighted by Gasteiger charge is 2.23. The number of aromatic nitrogens is 2. The number of nitrogens with two attached hydrogens (primary N) is 1. The lowest BCUT2D eigenvalue weighted by Gasteiger charge is -2.12. The van der Waals surface area contributed by atoms with Gasteiger partial charge in [-0.1, -0.05) is 11.6 Å². The molecule has 1 aromatic carbocycles.